The van der Waals surface area contributed by atoms with Crippen LogP contribution in [0.4, 0.5) is 0 Å². The van der Waals surface area contributed by atoms with Crippen LogP contribution in [-0.2, 0) is 27.5 Å². The molecule has 0 bridgehead atoms. The van der Waals surface area contributed by atoms with Gasteiger partial charge in [-0.25, -0.2) is 21.6 Å². The number of unbranched alkanes of at least 4 members (excludes halogenated alkanes) is 1. The van der Waals surface area contributed by atoms with Crippen LogP contribution in [0.3, 0.4) is 0 Å². The van der Waals surface area contributed by atoms with E-state index in [2.05, 4.69) is 4.98 Å². The van der Waals surface area contributed by atoms with Crippen LogP contribution in [0, 0.1) is 0 Å². The predicted molar refractivity (Wildman–Crippen MR) is 118 cm³/mol. The largest absolute Gasteiger partial charge is 0.306 e. The van der Waals surface area contributed by atoms with Crippen LogP contribution in [-0.4, -0.2) is 31.9 Å². The summed E-state index contributed by atoms with van der Waals surface area (Å²) in [6.45, 7) is 0. The first-order chi connectivity index (χ1) is 13.9. The second kappa shape index (κ2) is 8.16. The molecule has 2 heterocycles. The summed E-state index contributed by atoms with van der Waals surface area (Å²) in [6, 6.07) is 11.8. The third-order valence-electron chi connectivity index (χ3n) is 4.63. The number of rotatable bonds is 7. The first-order valence-corrected chi connectivity index (χ1v) is 12.8. The van der Waals surface area contributed by atoms with Crippen LogP contribution in [0.2, 0.25) is 5.02 Å². The average molecular weight is 469 g/mol. The molecule has 0 radical (unpaired) electrons. The molecule has 0 aliphatic carbocycles. The highest BCUT2D eigenvalue weighted by atomic mass is 35.5. The Morgan fingerprint density at radius 2 is 1.97 bits per heavy atom. The van der Waals surface area contributed by atoms with Crippen molar-refractivity contribution in [2.24, 2.45) is 0 Å². The first kappa shape index (κ1) is 20.5. The molecule has 0 spiro atoms. The van der Waals surface area contributed by atoms with E-state index in [0.29, 0.717) is 35.5 Å². The summed E-state index contributed by atoms with van der Waals surface area (Å²) in [5.41, 5.74) is 3.62. The van der Waals surface area contributed by atoms with Crippen LogP contribution in [0.5, 0.6) is 0 Å². The van der Waals surface area contributed by atoms with Crippen LogP contribution in [0.15, 0.2) is 52.9 Å². The Labute approximate surface area is 179 Å². The van der Waals surface area contributed by atoms with Gasteiger partial charge >= 0.3 is 0 Å². The predicted octanol–water partition coefficient (Wildman–Crippen LogP) is 4.69. The maximum absolute atomic E-state index is 13.5. The molecule has 0 aliphatic rings. The Morgan fingerprint density at radius 1 is 1.14 bits per heavy atom. The third kappa shape index (κ3) is 4.10. The van der Waals surface area contributed by atoms with E-state index in [0.717, 1.165) is 15.6 Å². The highest BCUT2D eigenvalue weighted by Gasteiger charge is 2.23. The maximum atomic E-state index is 13.5. The molecule has 2 aromatic heterocycles. The van der Waals surface area contributed by atoms with E-state index < -0.39 is 21.1 Å². The molecule has 4 aromatic rings. The Hall–Kier alpha value is -1.78. The number of thiazole rings is 1. The van der Waals surface area contributed by atoms with Gasteiger partial charge in [-0.3, -0.25) is 0 Å². The minimum Gasteiger partial charge on any atom is -0.306 e. The highest BCUT2D eigenvalue weighted by molar-refractivity contribution is 7.90. The van der Waals surface area contributed by atoms with Crippen LogP contribution < -0.4 is 0 Å². The molecule has 0 saturated heterocycles. The molecular formula is C19H17ClN2O4S3. The van der Waals surface area contributed by atoms with Gasteiger partial charge in [0.1, 0.15) is 0 Å². The zero-order valence-corrected chi connectivity index (χ0v) is 18.3. The molecule has 1 N–H and O–H groups in total. The van der Waals surface area contributed by atoms with Gasteiger partial charge in [0.15, 0.2) is 11.1 Å². The summed E-state index contributed by atoms with van der Waals surface area (Å²) < 4.78 is 49.1. The van der Waals surface area contributed by atoms with E-state index >= 15 is 0 Å². The lowest BCUT2D eigenvalue weighted by Gasteiger charge is -2.12. The van der Waals surface area contributed by atoms with E-state index in [1.165, 1.54) is 15.3 Å². The topological polar surface area (TPSA) is 89.3 Å². The lowest BCUT2D eigenvalue weighted by Crippen LogP contribution is -2.16. The molecular weight excluding hydrogens is 452 g/mol. The quantitative estimate of drug-likeness (QED) is 0.314. The molecule has 0 aliphatic heterocycles. The summed E-state index contributed by atoms with van der Waals surface area (Å²) in [6.07, 6.45) is 1.59. The Balaban J connectivity index is 1.81. The summed E-state index contributed by atoms with van der Waals surface area (Å²) in [5, 5.41) is 1.26. The van der Waals surface area contributed by atoms with Gasteiger partial charge < -0.3 is 4.55 Å². The molecule has 152 valence electrons. The number of hydrogen-bond donors (Lipinski definition) is 1. The second-order valence-electron chi connectivity index (χ2n) is 6.57. The third-order valence-corrected chi connectivity index (χ3v) is 8.06. The Kier molecular flexibility index (Phi) is 5.76. The van der Waals surface area contributed by atoms with Crippen LogP contribution in [0.1, 0.15) is 18.5 Å². The molecule has 0 amide bonds. The number of halogens is 1. The van der Waals surface area contributed by atoms with E-state index in [1.807, 2.05) is 6.07 Å². The fourth-order valence-electron chi connectivity index (χ4n) is 3.31. The van der Waals surface area contributed by atoms with Crippen molar-refractivity contribution in [2.45, 2.75) is 24.2 Å². The average Bonchev–Trinajstić information content (AvgIpc) is 3.28. The Morgan fingerprint density at radius 3 is 2.76 bits per heavy atom. The molecule has 10 heteroatoms. The van der Waals surface area contributed by atoms with Crippen LogP contribution >= 0.6 is 22.9 Å². The van der Waals surface area contributed by atoms with Gasteiger partial charge in [0.05, 0.1) is 26.1 Å². The monoisotopic (exact) mass is 468 g/mol. The number of nitrogens with zero attached hydrogens (tertiary/aromatic N) is 2. The van der Waals surface area contributed by atoms with Crippen molar-refractivity contribution in [1.29, 1.82) is 0 Å². The number of hydrogen-bond acceptors (Lipinski definition) is 5. The van der Waals surface area contributed by atoms with E-state index in [4.69, 9.17) is 16.2 Å². The van der Waals surface area contributed by atoms with Crippen molar-refractivity contribution >= 4 is 65.2 Å². The zero-order chi connectivity index (χ0) is 20.6. The number of benzene rings is 2. The van der Waals surface area contributed by atoms with Gasteiger partial charge in [0, 0.05) is 21.9 Å². The van der Waals surface area contributed by atoms with Crippen molar-refractivity contribution in [1.82, 2.24) is 8.96 Å². The molecule has 0 saturated carbocycles. The molecule has 4 rings (SSSR count). The van der Waals surface area contributed by atoms with E-state index in [9.17, 15) is 12.6 Å². The van der Waals surface area contributed by atoms with Gasteiger partial charge in [-0.1, -0.05) is 11.6 Å². The molecule has 0 fully saturated rings. The smallest absolute Gasteiger partial charge is 0.268 e. The lowest BCUT2D eigenvalue weighted by atomic mass is 10.2. The van der Waals surface area contributed by atoms with E-state index in [-0.39, 0.29) is 10.6 Å². The normalized spacial score (nSPS) is 13.3. The summed E-state index contributed by atoms with van der Waals surface area (Å²) in [5.74, 6) is 0.168. The zero-order valence-electron chi connectivity index (χ0n) is 15.1. The Bertz CT molecular complexity index is 1330. The van der Waals surface area contributed by atoms with Gasteiger partial charge in [-0.15, -0.1) is 11.3 Å². The summed E-state index contributed by atoms with van der Waals surface area (Å²) >= 11 is 5.64. The lowest BCUT2D eigenvalue weighted by molar-refractivity contribution is 0.559. The fourth-order valence-corrected chi connectivity index (χ4v) is 6.33. The van der Waals surface area contributed by atoms with Crippen molar-refractivity contribution in [3.05, 3.63) is 58.7 Å². The van der Waals surface area contributed by atoms with Crippen molar-refractivity contribution in [2.75, 3.05) is 5.75 Å². The molecule has 1 unspecified atom stereocenters. The van der Waals surface area contributed by atoms with Gasteiger partial charge in [-0.2, -0.15) is 0 Å². The maximum Gasteiger partial charge on any atom is 0.268 e. The molecule has 6 nitrogen and oxygen atoms in total. The molecule has 2 aromatic carbocycles. The second-order valence-corrected chi connectivity index (χ2v) is 10.7. The summed E-state index contributed by atoms with van der Waals surface area (Å²) in [4.78, 5) is 4.40. The van der Waals surface area contributed by atoms with Crippen molar-refractivity contribution < 1.29 is 17.2 Å². The van der Waals surface area contributed by atoms with Crippen LogP contribution in [0.25, 0.3) is 21.1 Å². The van der Waals surface area contributed by atoms with Crippen molar-refractivity contribution in [3.8, 4) is 0 Å². The fraction of sp³-hybridized carbons (Fsp3) is 0.211. The van der Waals surface area contributed by atoms with Gasteiger partial charge in [-0.05, 0) is 61.7 Å². The minimum atomic E-state index is -3.85. The SMILES string of the molecule is O=S(O)CCCCc1cc2cc(Cl)ccc2n1S(=O)(=O)c1ccc2ncsc2c1. The number of aryl methyl sites for hydroxylation is 1. The first-order valence-electron chi connectivity index (χ1n) is 8.82. The van der Waals surface area contributed by atoms with Crippen molar-refractivity contribution in [3.63, 3.8) is 0 Å². The standard InChI is InChI=1S/C19H17ClN2O4S3/c20-14-4-7-18-13(9-14)10-15(3-1-2-8-28(23)24)22(18)29(25,26)16-5-6-17-19(11-16)27-12-21-17/h4-7,9-12H,1-3,8H2,(H,23,24). The molecule has 1 atom stereocenters. The minimum absolute atomic E-state index is 0.168. The molecule has 29 heavy (non-hydrogen) atoms. The summed E-state index contributed by atoms with van der Waals surface area (Å²) in [7, 11) is -3.85. The van der Waals surface area contributed by atoms with Gasteiger partial charge in [0.25, 0.3) is 10.0 Å². The van der Waals surface area contributed by atoms with E-state index in [1.54, 1.807) is 41.9 Å². The number of fused-ring (bicyclic) bond motifs is 2. The van der Waals surface area contributed by atoms with Gasteiger partial charge in [0.2, 0.25) is 0 Å². The number of aromatic nitrogens is 2. The highest BCUT2D eigenvalue weighted by Crippen LogP contribution is 2.30.